The largest absolute Gasteiger partial charge is 0.352 e. The summed E-state index contributed by atoms with van der Waals surface area (Å²) < 4.78 is 24.7. The molecule has 0 spiro atoms. The summed E-state index contributed by atoms with van der Waals surface area (Å²) in [6.45, 7) is 7.39. The number of hydrogen-bond acceptors (Lipinski definition) is 3. The Bertz CT molecular complexity index is 512. The smallest absolute Gasteiger partial charge is 0.254 e. The maximum absolute atomic E-state index is 13.6. The van der Waals surface area contributed by atoms with Gasteiger partial charge in [-0.2, -0.15) is 0 Å². The Kier molecular flexibility index (Phi) is 4.96. The van der Waals surface area contributed by atoms with Gasteiger partial charge in [0.2, 0.25) is 0 Å². The highest BCUT2D eigenvalue weighted by Crippen LogP contribution is 2.26. The highest BCUT2D eigenvalue weighted by atomic mass is 19.1. The van der Waals surface area contributed by atoms with Crippen molar-refractivity contribution in [3.8, 4) is 0 Å². The van der Waals surface area contributed by atoms with Crippen LogP contribution in [0.25, 0.3) is 0 Å². The molecule has 1 fully saturated rings. The minimum Gasteiger partial charge on any atom is -0.352 e. The molecular formula is C16H22FNO3. The Morgan fingerprint density at radius 2 is 2.10 bits per heavy atom. The fraction of sp³-hybridized carbons (Fsp3) is 0.562. The first-order valence-electron chi connectivity index (χ1n) is 7.22. The van der Waals surface area contributed by atoms with Crippen molar-refractivity contribution in [3.05, 3.63) is 35.1 Å². The molecule has 1 N–H and O–H groups in total. The molecule has 1 aliphatic heterocycles. The molecular weight excluding hydrogens is 273 g/mol. The van der Waals surface area contributed by atoms with Crippen LogP contribution in [0.1, 0.15) is 36.2 Å². The number of amides is 1. The van der Waals surface area contributed by atoms with E-state index in [-0.39, 0.29) is 17.4 Å². The Labute approximate surface area is 124 Å². The van der Waals surface area contributed by atoms with Gasteiger partial charge in [0, 0.05) is 13.0 Å². The van der Waals surface area contributed by atoms with Gasteiger partial charge in [0.05, 0.1) is 18.8 Å². The number of carbonyl (C=O) groups excluding carboxylic acids is 1. The highest BCUT2D eigenvalue weighted by molar-refractivity contribution is 5.94. The number of halogens is 1. The number of ether oxygens (including phenoxy) is 2. The number of aryl methyl sites for hydroxylation is 1. The predicted molar refractivity (Wildman–Crippen MR) is 77.6 cm³/mol. The van der Waals surface area contributed by atoms with Crippen LogP contribution < -0.4 is 5.32 Å². The minimum atomic E-state index is -0.571. The summed E-state index contributed by atoms with van der Waals surface area (Å²) in [6.07, 6.45) is 0.684. The van der Waals surface area contributed by atoms with Crippen LogP contribution in [0.15, 0.2) is 18.2 Å². The summed E-state index contributed by atoms with van der Waals surface area (Å²) in [5.41, 5.74) is 0.941. The number of hydrogen-bond donors (Lipinski definition) is 1. The normalized spacial score (nSPS) is 18.5. The zero-order valence-corrected chi connectivity index (χ0v) is 12.7. The standard InChI is InChI=1S/C16H22FNO3/c1-11-4-5-14(17)13(8-11)15(19)18-10-12(2)9-16(3)20-6-7-21-16/h4-5,8,12H,6-7,9-10H2,1-3H3,(H,18,19)/t12-/m1/s1. The van der Waals surface area contributed by atoms with Crippen LogP contribution in [-0.2, 0) is 9.47 Å². The topological polar surface area (TPSA) is 47.6 Å². The first-order valence-corrected chi connectivity index (χ1v) is 7.22. The van der Waals surface area contributed by atoms with E-state index in [0.717, 1.165) is 5.56 Å². The summed E-state index contributed by atoms with van der Waals surface area (Å²) in [5, 5.41) is 2.77. The quantitative estimate of drug-likeness (QED) is 0.908. The van der Waals surface area contributed by atoms with E-state index in [9.17, 15) is 9.18 Å². The molecule has 0 radical (unpaired) electrons. The van der Waals surface area contributed by atoms with Crippen LogP contribution in [0.4, 0.5) is 4.39 Å². The maximum Gasteiger partial charge on any atom is 0.254 e. The summed E-state index contributed by atoms with van der Waals surface area (Å²) in [4.78, 5) is 12.0. The first-order chi connectivity index (χ1) is 9.89. The molecule has 1 aliphatic rings. The number of nitrogens with one attached hydrogen (secondary N) is 1. The molecule has 4 nitrogen and oxygen atoms in total. The van der Waals surface area contributed by atoms with Gasteiger partial charge in [-0.3, -0.25) is 4.79 Å². The van der Waals surface area contributed by atoms with Crippen molar-refractivity contribution in [3.63, 3.8) is 0 Å². The van der Waals surface area contributed by atoms with Crippen molar-refractivity contribution in [2.45, 2.75) is 33.0 Å². The first kappa shape index (κ1) is 15.9. The van der Waals surface area contributed by atoms with Crippen molar-refractivity contribution >= 4 is 5.91 Å². The number of rotatable bonds is 5. The lowest BCUT2D eigenvalue weighted by atomic mass is 10.0. The lowest BCUT2D eigenvalue weighted by Gasteiger charge is -2.26. The van der Waals surface area contributed by atoms with Crippen molar-refractivity contribution in [1.29, 1.82) is 0 Å². The van der Waals surface area contributed by atoms with E-state index < -0.39 is 11.6 Å². The number of carbonyl (C=O) groups is 1. The van der Waals surface area contributed by atoms with E-state index >= 15 is 0 Å². The second-order valence-corrected chi connectivity index (χ2v) is 5.83. The van der Waals surface area contributed by atoms with E-state index in [0.29, 0.717) is 26.2 Å². The Hall–Kier alpha value is -1.46. The highest BCUT2D eigenvalue weighted by Gasteiger charge is 2.32. The molecule has 0 bridgehead atoms. The third kappa shape index (κ3) is 4.25. The van der Waals surface area contributed by atoms with Crippen LogP contribution >= 0.6 is 0 Å². The molecule has 5 heteroatoms. The molecule has 1 aromatic carbocycles. The van der Waals surface area contributed by atoms with Crippen LogP contribution in [0.5, 0.6) is 0 Å². The molecule has 1 heterocycles. The molecule has 0 aliphatic carbocycles. The molecule has 1 saturated heterocycles. The minimum absolute atomic E-state index is 0.0850. The van der Waals surface area contributed by atoms with Crippen molar-refractivity contribution in [2.24, 2.45) is 5.92 Å². The van der Waals surface area contributed by atoms with Crippen molar-refractivity contribution < 1.29 is 18.7 Å². The van der Waals surface area contributed by atoms with Crippen LogP contribution in [0, 0.1) is 18.7 Å². The molecule has 2 rings (SSSR count). The Morgan fingerprint density at radius 3 is 2.76 bits per heavy atom. The van der Waals surface area contributed by atoms with E-state index in [2.05, 4.69) is 5.32 Å². The summed E-state index contributed by atoms with van der Waals surface area (Å²) >= 11 is 0. The molecule has 21 heavy (non-hydrogen) atoms. The van der Waals surface area contributed by atoms with E-state index in [1.165, 1.54) is 6.07 Å². The molecule has 1 amide bonds. The van der Waals surface area contributed by atoms with Crippen molar-refractivity contribution in [1.82, 2.24) is 5.32 Å². The van der Waals surface area contributed by atoms with Gasteiger partial charge in [-0.25, -0.2) is 4.39 Å². The molecule has 0 unspecified atom stereocenters. The average molecular weight is 295 g/mol. The van der Waals surface area contributed by atoms with Crippen LogP contribution in [0.2, 0.25) is 0 Å². The molecule has 1 atom stereocenters. The van der Waals surface area contributed by atoms with Gasteiger partial charge in [-0.05, 0) is 31.9 Å². The molecule has 1 aromatic rings. The third-order valence-electron chi connectivity index (χ3n) is 3.59. The Morgan fingerprint density at radius 1 is 1.43 bits per heavy atom. The zero-order valence-electron chi connectivity index (χ0n) is 12.7. The van der Waals surface area contributed by atoms with Gasteiger partial charge in [-0.15, -0.1) is 0 Å². The van der Waals surface area contributed by atoms with Gasteiger partial charge in [-0.1, -0.05) is 18.6 Å². The molecule has 0 aromatic heterocycles. The lowest BCUT2D eigenvalue weighted by molar-refractivity contribution is -0.153. The summed E-state index contributed by atoms with van der Waals surface area (Å²) in [7, 11) is 0. The van der Waals surface area contributed by atoms with Crippen molar-refractivity contribution in [2.75, 3.05) is 19.8 Å². The Balaban J connectivity index is 1.87. The maximum atomic E-state index is 13.6. The second kappa shape index (κ2) is 6.54. The molecule has 0 saturated carbocycles. The second-order valence-electron chi connectivity index (χ2n) is 5.83. The fourth-order valence-corrected chi connectivity index (χ4v) is 2.56. The SMILES string of the molecule is Cc1ccc(F)c(C(=O)NC[C@H](C)CC2(C)OCCO2)c1. The summed E-state index contributed by atoms with van der Waals surface area (Å²) in [5.74, 6) is -1.29. The monoisotopic (exact) mass is 295 g/mol. The zero-order chi connectivity index (χ0) is 15.5. The van der Waals surface area contributed by atoms with Gasteiger partial charge in [0.1, 0.15) is 5.82 Å². The fourth-order valence-electron chi connectivity index (χ4n) is 2.56. The predicted octanol–water partition coefficient (Wildman–Crippen LogP) is 2.65. The van der Waals surface area contributed by atoms with Gasteiger partial charge in [0.25, 0.3) is 5.91 Å². The third-order valence-corrected chi connectivity index (χ3v) is 3.59. The van der Waals surface area contributed by atoms with E-state index in [1.807, 2.05) is 20.8 Å². The van der Waals surface area contributed by atoms with Gasteiger partial charge < -0.3 is 14.8 Å². The molecule has 116 valence electrons. The van der Waals surface area contributed by atoms with E-state index in [1.54, 1.807) is 12.1 Å². The summed E-state index contributed by atoms with van der Waals surface area (Å²) in [6, 6.07) is 4.51. The van der Waals surface area contributed by atoms with Gasteiger partial charge in [0.15, 0.2) is 5.79 Å². The number of benzene rings is 1. The lowest BCUT2D eigenvalue weighted by Crippen LogP contribution is -2.34. The van der Waals surface area contributed by atoms with Crippen LogP contribution in [0.3, 0.4) is 0 Å². The van der Waals surface area contributed by atoms with Crippen LogP contribution in [-0.4, -0.2) is 31.5 Å². The van der Waals surface area contributed by atoms with E-state index in [4.69, 9.17) is 9.47 Å². The average Bonchev–Trinajstić information content (AvgIpc) is 2.85. The van der Waals surface area contributed by atoms with Gasteiger partial charge >= 0.3 is 0 Å².